The summed E-state index contributed by atoms with van der Waals surface area (Å²) in [7, 11) is 0. The Labute approximate surface area is 182 Å². The molecule has 0 aliphatic heterocycles. The number of nitrogens with one attached hydrogen (secondary N) is 2. The number of halogens is 2. The zero-order valence-corrected chi connectivity index (χ0v) is 17.6. The number of hydrogen-bond acceptors (Lipinski definition) is 5. The number of nitrogens with zero attached hydrogens (tertiary/aromatic N) is 3. The van der Waals surface area contributed by atoms with Gasteiger partial charge >= 0.3 is 6.03 Å². The van der Waals surface area contributed by atoms with E-state index >= 15 is 0 Å². The number of carbonyl (C=O) groups is 2. The average molecular weight is 445 g/mol. The second-order valence-corrected chi connectivity index (χ2v) is 7.51. The van der Waals surface area contributed by atoms with Gasteiger partial charge in [-0.25, -0.2) is 13.6 Å². The molecule has 1 heterocycles. The quantitative estimate of drug-likeness (QED) is 0.405. The summed E-state index contributed by atoms with van der Waals surface area (Å²) >= 11 is 1.07. The third kappa shape index (κ3) is 6.11. The number of aromatic nitrogens is 3. The van der Waals surface area contributed by atoms with Crippen molar-refractivity contribution in [1.82, 2.24) is 25.4 Å². The Morgan fingerprint density at radius 3 is 2.29 bits per heavy atom. The van der Waals surface area contributed by atoms with E-state index in [-0.39, 0.29) is 11.6 Å². The molecule has 0 radical (unpaired) electrons. The van der Waals surface area contributed by atoms with Gasteiger partial charge in [0.05, 0.1) is 5.75 Å². The van der Waals surface area contributed by atoms with Gasteiger partial charge in [0, 0.05) is 17.8 Å². The fourth-order valence-electron chi connectivity index (χ4n) is 2.69. The molecule has 31 heavy (non-hydrogen) atoms. The van der Waals surface area contributed by atoms with Crippen LogP contribution < -0.4 is 10.6 Å². The molecule has 0 bridgehead atoms. The standard InChI is InChI=1S/C21H21F2N5O2S/c1-2-3-12-24-20(30)25-18(29)13-31-21-27-26-19(14-4-6-15(22)7-5-14)28(21)17-10-8-16(23)9-11-17/h4-11H,2-3,12-13H2,1H3,(H2,24,25,29,30). The van der Waals surface area contributed by atoms with Crippen molar-refractivity contribution in [3.05, 3.63) is 60.2 Å². The van der Waals surface area contributed by atoms with Crippen molar-refractivity contribution < 1.29 is 18.4 Å². The number of benzene rings is 2. The summed E-state index contributed by atoms with van der Waals surface area (Å²) in [6, 6.07) is 10.9. The highest BCUT2D eigenvalue weighted by Gasteiger charge is 2.18. The molecule has 0 saturated carbocycles. The van der Waals surface area contributed by atoms with E-state index in [9.17, 15) is 18.4 Å². The first-order valence-corrected chi connectivity index (χ1v) is 10.6. The monoisotopic (exact) mass is 445 g/mol. The van der Waals surface area contributed by atoms with Crippen molar-refractivity contribution in [1.29, 1.82) is 0 Å². The molecule has 0 aliphatic carbocycles. The molecule has 0 atom stereocenters. The number of urea groups is 1. The zero-order valence-electron chi connectivity index (χ0n) is 16.8. The molecule has 0 fully saturated rings. The lowest BCUT2D eigenvalue weighted by atomic mass is 10.2. The Morgan fingerprint density at radius 2 is 1.65 bits per heavy atom. The van der Waals surface area contributed by atoms with E-state index in [1.807, 2.05) is 6.92 Å². The van der Waals surface area contributed by atoms with Crippen molar-refractivity contribution in [3.8, 4) is 17.1 Å². The summed E-state index contributed by atoms with van der Waals surface area (Å²) in [6.07, 6.45) is 1.75. The van der Waals surface area contributed by atoms with Crippen molar-refractivity contribution in [2.45, 2.75) is 24.9 Å². The van der Waals surface area contributed by atoms with Gasteiger partial charge in [0.25, 0.3) is 0 Å². The average Bonchev–Trinajstić information content (AvgIpc) is 3.17. The van der Waals surface area contributed by atoms with E-state index in [1.54, 1.807) is 28.8 Å². The second-order valence-electron chi connectivity index (χ2n) is 6.57. The molecule has 3 rings (SSSR count). The van der Waals surface area contributed by atoms with Crippen LogP contribution in [-0.4, -0.2) is 39.0 Å². The normalized spacial score (nSPS) is 10.7. The molecule has 10 heteroatoms. The van der Waals surface area contributed by atoms with Gasteiger partial charge in [0.2, 0.25) is 5.91 Å². The predicted octanol–water partition coefficient (Wildman–Crippen LogP) is 3.93. The highest BCUT2D eigenvalue weighted by molar-refractivity contribution is 7.99. The van der Waals surface area contributed by atoms with Crippen LogP contribution in [0.4, 0.5) is 13.6 Å². The van der Waals surface area contributed by atoms with Gasteiger partial charge in [-0.2, -0.15) is 0 Å². The van der Waals surface area contributed by atoms with Crippen LogP contribution in [0, 0.1) is 11.6 Å². The van der Waals surface area contributed by atoms with Crippen LogP contribution >= 0.6 is 11.8 Å². The largest absolute Gasteiger partial charge is 0.338 e. The minimum absolute atomic E-state index is 0.0794. The van der Waals surface area contributed by atoms with Gasteiger partial charge in [-0.05, 0) is 55.0 Å². The predicted molar refractivity (Wildman–Crippen MR) is 114 cm³/mol. The Bertz CT molecular complexity index is 1040. The second kappa shape index (κ2) is 10.7. The van der Waals surface area contributed by atoms with Crippen molar-refractivity contribution in [2.75, 3.05) is 12.3 Å². The number of unbranched alkanes of at least 4 members (excludes halogenated alkanes) is 1. The molecule has 2 aromatic carbocycles. The number of hydrogen-bond donors (Lipinski definition) is 2. The number of imide groups is 1. The van der Waals surface area contributed by atoms with Crippen LogP contribution in [0.2, 0.25) is 0 Å². The van der Waals surface area contributed by atoms with Gasteiger partial charge in [0.1, 0.15) is 11.6 Å². The van der Waals surface area contributed by atoms with Crippen molar-refractivity contribution in [2.24, 2.45) is 0 Å². The highest BCUT2D eigenvalue weighted by Crippen LogP contribution is 2.28. The van der Waals surface area contributed by atoms with Gasteiger partial charge in [-0.1, -0.05) is 25.1 Å². The summed E-state index contributed by atoms with van der Waals surface area (Å²) < 4.78 is 28.4. The molecule has 0 unspecified atom stereocenters. The first-order chi connectivity index (χ1) is 15.0. The minimum Gasteiger partial charge on any atom is -0.338 e. The van der Waals surface area contributed by atoms with E-state index in [0.29, 0.717) is 28.8 Å². The number of carbonyl (C=O) groups excluding carboxylic acids is 2. The lowest BCUT2D eigenvalue weighted by Crippen LogP contribution is -2.40. The zero-order chi connectivity index (χ0) is 22.2. The van der Waals surface area contributed by atoms with Gasteiger partial charge in [-0.3, -0.25) is 14.7 Å². The molecule has 0 aliphatic rings. The van der Waals surface area contributed by atoms with Crippen LogP contribution in [-0.2, 0) is 4.79 Å². The third-order valence-corrected chi connectivity index (χ3v) is 5.15. The van der Waals surface area contributed by atoms with Crippen molar-refractivity contribution in [3.63, 3.8) is 0 Å². The van der Waals surface area contributed by atoms with Crippen LogP contribution in [0.5, 0.6) is 0 Å². The van der Waals surface area contributed by atoms with Gasteiger partial charge in [0.15, 0.2) is 11.0 Å². The van der Waals surface area contributed by atoms with Crippen molar-refractivity contribution >= 4 is 23.7 Å². The van der Waals surface area contributed by atoms with E-state index < -0.39 is 17.8 Å². The molecule has 3 aromatic rings. The van der Waals surface area contributed by atoms with Crippen LogP contribution in [0.3, 0.4) is 0 Å². The van der Waals surface area contributed by atoms with E-state index in [2.05, 4.69) is 20.8 Å². The van der Waals surface area contributed by atoms with E-state index in [1.165, 1.54) is 24.3 Å². The molecule has 0 saturated heterocycles. The maximum Gasteiger partial charge on any atom is 0.321 e. The molecule has 1 aromatic heterocycles. The van der Waals surface area contributed by atoms with E-state index in [4.69, 9.17) is 0 Å². The Morgan fingerprint density at radius 1 is 1.00 bits per heavy atom. The summed E-state index contributed by atoms with van der Waals surface area (Å²) in [5, 5.41) is 13.5. The summed E-state index contributed by atoms with van der Waals surface area (Å²) in [4.78, 5) is 23.8. The number of thioether (sulfide) groups is 1. The Hall–Kier alpha value is -3.27. The molecule has 7 nitrogen and oxygen atoms in total. The fraction of sp³-hybridized carbons (Fsp3) is 0.238. The SMILES string of the molecule is CCCCNC(=O)NC(=O)CSc1nnc(-c2ccc(F)cc2)n1-c1ccc(F)cc1. The van der Waals surface area contributed by atoms with Gasteiger partial charge < -0.3 is 5.32 Å². The lowest BCUT2D eigenvalue weighted by Gasteiger charge is -2.10. The van der Waals surface area contributed by atoms with E-state index in [0.717, 1.165) is 24.6 Å². The fourth-order valence-corrected chi connectivity index (χ4v) is 3.44. The number of amides is 3. The number of rotatable bonds is 8. The van der Waals surface area contributed by atoms with Crippen LogP contribution in [0.15, 0.2) is 53.7 Å². The first-order valence-electron chi connectivity index (χ1n) is 9.65. The Kier molecular flexibility index (Phi) is 7.71. The summed E-state index contributed by atoms with van der Waals surface area (Å²) in [5.41, 5.74) is 1.18. The first kappa shape index (κ1) is 22.4. The third-order valence-electron chi connectivity index (χ3n) is 4.22. The minimum atomic E-state index is -0.550. The van der Waals surface area contributed by atoms with Crippen LogP contribution in [0.1, 0.15) is 19.8 Å². The molecule has 3 amide bonds. The molecule has 0 spiro atoms. The Balaban J connectivity index is 1.78. The smallest absolute Gasteiger partial charge is 0.321 e. The maximum atomic E-state index is 13.4. The molecule has 2 N–H and O–H groups in total. The van der Waals surface area contributed by atoms with Crippen LogP contribution in [0.25, 0.3) is 17.1 Å². The topological polar surface area (TPSA) is 88.9 Å². The highest BCUT2D eigenvalue weighted by atomic mass is 32.2. The molecule has 162 valence electrons. The molecular formula is C21H21F2N5O2S. The molecular weight excluding hydrogens is 424 g/mol. The maximum absolute atomic E-state index is 13.4. The summed E-state index contributed by atoms with van der Waals surface area (Å²) in [6.45, 7) is 2.49. The lowest BCUT2D eigenvalue weighted by molar-refractivity contribution is -0.117. The summed E-state index contributed by atoms with van der Waals surface area (Å²) in [5.74, 6) is -0.949. The van der Waals surface area contributed by atoms with Gasteiger partial charge in [-0.15, -0.1) is 10.2 Å².